The van der Waals surface area contributed by atoms with E-state index < -0.39 is 0 Å². The van der Waals surface area contributed by atoms with Gasteiger partial charge in [0, 0.05) is 12.8 Å². The number of ether oxygens (including phenoxy) is 1. The van der Waals surface area contributed by atoms with E-state index in [4.69, 9.17) is 4.74 Å². The number of aldehydes is 1. The smallest absolute Gasteiger partial charge is 0.306 e. The fourth-order valence-corrected chi connectivity index (χ4v) is 3.15. The van der Waals surface area contributed by atoms with Crippen LogP contribution < -0.4 is 0 Å². The number of hydrogen-bond donors (Lipinski definition) is 0. The molecule has 0 saturated carbocycles. The van der Waals surface area contributed by atoms with Gasteiger partial charge in [-0.25, -0.2) is 0 Å². The van der Waals surface area contributed by atoms with Crippen molar-refractivity contribution >= 4 is 12.3 Å². The van der Waals surface area contributed by atoms with Crippen LogP contribution in [0.3, 0.4) is 0 Å². The molecule has 1 atom stereocenters. The van der Waals surface area contributed by atoms with E-state index in [1.165, 1.54) is 38.5 Å². The van der Waals surface area contributed by atoms with Crippen molar-refractivity contribution < 1.29 is 14.3 Å². The zero-order chi connectivity index (χ0) is 19.5. The van der Waals surface area contributed by atoms with Gasteiger partial charge in [-0.15, -0.1) is 0 Å². The molecule has 0 aromatic carbocycles. The summed E-state index contributed by atoms with van der Waals surface area (Å²) < 4.78 is 5.78. The summed E-state index contributed by atoms with van der Waals surface area (Å²) in [6, 6.07) is 0. The van der Waals surface area contributed by atoms with E-state index >= 15 is 0 Å². The molecule has 0 aliphatic rings. The predicted octanol–water partition coefficient (Wildman–Crippen LogP) is 5.53. The van der Waals surface area contributed by atoms with Crippen LogP contribution in [0.15, 0.2) is 0 Å². The molecule has 0 amide bonds. The molecule has 0 fully saturated rings. The topological polar surface area (TPSA) is 46.6 Å². The number of carbonyl (C=O) groups excluding carboxylic acids is 2. The zero-order valence-corrected chi connectivity index (χ0v) is 17.6. The van der Waals surface area contributed by atoms with Gasteiger partial charge in [-0.1, -0.05) is 51.9 Å². The standard InChI is InChI=1S/C22H43NO3/c1-4-5-6-9-12-16-21(17-13-10-7-8-11-14-20-24)26-22(25)18-15-19-23(2)3/h20-21H,4-19H2,1-3H3. The SMILES string of the molecule is CCCCCCCC(CCCCCCCC=O)OC(=O)CCCN(C)C. The second-order valence-electron chi connectivity index (χ2n) is 7.73. The van der Waals surface area contributed by atoms with Crippen molar-refractivity contribution in [1.82, 2.24) is 4.90 Å². The molecule has 1 unspecified atom stereocenters. The first-order chi connectivity index (χ1) is 12.6. The lowest BCUT2D eigenvalue weighted by Crippen LogP contribution is -2.20. The fraction of sp³-hybridized carbons (Fsp3) is 0.909. The quantitative estimate of drug-likeness (QED) is 0.171. The summed E-state index contributed by atoms with van der Waals surface area (Å²) in [5, 5.41) is 0. The Morgan fingerprint density at radius 3 is 2.04 bits per heavy atom. The zero-order valence-electron chi connectivity index (χ0n) is 17.6. The third-order valence-electron chi connectivity index (χ3n) is 4.76. The molecule has 0 aliphatic heterocycles. The van der Waals surface area contributed by atoms with E-state index in [0.29, 0.717) is 12.8 Å². The van der Waals surface area contributed by atoms with Crippen molar-refractivity contribution in [2.45, 2.75) is 109 Å². The molecule has 154 valence electrons. The van der Waals surface area contributed by atoms with Gasteiger partial charge in [-0.3, -0.25) is 4.79 Å². The third kappa shape index (κ3) is 17.9. The minimum atomic E-state index is -0.0311. The molecule has 4 nitrogen and oxygen atoms in total. The summed E-state index contributed by atoms with van der Waals surface area (Å²) in [5.74, 6) is -0.0311. The second kappa shape index (κ2) is 18.9. The summed E-state index contributed by atoms with van der Waals surface area (Å²) in [7, 11) is 4.05. The maximum absolute atomic E-state index is 12.1. The van der Waals surface area contributed by atoms with Crippen LogP contribution in [0.2, 0.25) is 0 Å². The summed E-state index contributed by atoms with van der Waals surface area (Å²) in [6.45, 7) is 3.16. The number of rotatable bonds is 19. The Morgan fingerprint density at radius 1 is 0.885 bits per heavy atom. The Labute approximate surface area is 162 Å². The molecular weight excluding hydrogens is 326 g/mol. The lowest BCUT2D eigenvalue weighted by Gasteiger charge is -2.18. The fourth-order valence-electron chi connectivity index (χ4n) is 3.15. The van der Waals surface area contributed by atoms with Gasteiger partial charge >= 0.3 is 5.97 Å². The Balaban J connectivity index is 4.02. The molecule has 0 rings (SSSR count). The molecule has 0 heterocycles. The number of carbonyl (C=O) groups is 2. The van der Waals surface area contributed by atoms with Gasteiger partial charge in [0.05, 0.1) is 0 Å². The van der Waals surface area contributed by atoms with Gasteiger partial charge in [0.25, 0.3) is 0 Å². The van der Waals surface area contributed by atoms with Crippen LogP contribution in [0.5, 0.6) is 0 Å². The summed E-state index contributed by atoms with van der Waals surface area (Å²) in [6.07, 6.45) is 17.0. The van der Waals surface area contributed by atoms with Crippen LogP contribution in [0.4, 0.5) is 0 Å². The Hall–Kier alpha value is -0.900. The highest BCUT2D eigenvalue weighted by molar-refractivity contribution is 5.69. The van der Waals surface area contributed by atoms with E-state index in [1.807, 2.05) is 14.1 Å². The first-order valence-electron chi connectivity index (χ1n) is 10.9. The number of esters is 1. The van der Waals surface area contributed by atoms with Crippen LogP contribution in [0, 0.1) is 0 Å². The number of unbranched alkanes of at least 4 members (excludes halogenated alkanes) is 9. The molecule has 0 spiro atoms. The van der Waals surface area contributed by atoms with Gasteiger partial charge in [-0.05, 0) is 59.2 Å². The molecule has 4 heteroatoms. The normalized spacial score (nSPS) is 12.3. The Morgan fingerprint density at radius 2 is 1.46 bits per heavy atom. The maximum atomic E-state index is 12.1. The number of nitrogens with zero attached hydrogens (tertiary/aromatic N) is 1. The predicted molar refractivity (Wildman–Crippen MR) is 109 cm³/mol. The number of hydrogen-bond acceptors (Lipinski definition) is 4. The first-order valence-corrected chi connectivity index (χ1v) is 10.9. The van der Waals surface area contributed by atoms with Gasteiger partial charge in [-0.2, -0.15) is 0 Å². The average Bonchev–Trinajstić information content (AvgIpc) is 2.60. The maximum Gasteiger partial charge on any atom is 0.306 e. The Kier molecular flexibility index (Phi) is 18.2. The van der Waals surface area contributed by atoms with Crippen molar-refractivity contribution in [3.05, 3.63) is 0 Å². The molecular formula is C22H43NO3. The monoisotopic (exact) mass is 369 g/mol. The molecule has 0 N–H and O–H groups in total. The van der Waals surface area contributed by atoms with Gasteiger partial charge in [0.1, 0.15) is 12.4 Å². The molecule has 0 aromatic rings. The van der Waals surface area contributed by atoms with Gasteiger partial charge < -0.3 is 14.4 Å². The third-order valence-corrected chi connectivity index (χ3v) is 4.76. The van der Waals surface area contributed by atoms with Gasteiger partial charge in [0.2, 0.25) is 0 Å². The molecule has 0 aliphatic carbocycles. The van der Waals surface area contributed by atoms with Gasteiger partial charge in [0.15, 0.2) is 0 Å². The largest absolute Gasteiger partial charge is 0.462 e. The highest BCUT2D eigenvalue weighted by atomic mass is 16.5. The summed E-state index contributed by atoms with van der Waals surface area (Å²) in [5.41, 5.74) is 0. The second-order valence-corrected chi connectivity index (χ2v) is 7.73. The molecule has 0 bridgehead atoms. The molecule has 0 aromatic heterocycles. The Bertz CT molecular complexity index is 331. The molecule has 26 heavy (non-hydrogen) atoms. The van der Waals surface area contributed by atoms with Crippen molar-refractivity contribution in [3.8, 4) is 0 Å². The van der Waals surface area contributed by atoms with E-state index in [2.05, 4.69) is 11.8 Å². The van der Waals surface area contributed by atoms with E-state index in [1.54, 1.807) is 0 Å². The van der Waals surface area contributed by atoms with Crippen molar-refractivity contribution in [3.63, 3.8) is 0 Å². The van der Waals surface area contributed by atoms with E-state index in [0.717, 1.165) is 57.8 Å². The van der Waals surface area contributed by atoms with Crippen LogP contribution in [-0.4, -0.2) is 43.9 Å². The van der Waals surface area contributed by atoms with Crippen LogP contribution in [0.25, 0.3) is 0 Å². The molecule has 0 saturated heterocycles. The first kappa shape index (κ1) is 25.1. The minimum absolute atomic E-state index is 0.0311. The summed E-state index contributed by atoms with van der Waals surface area (Å²) in [4.78, 5) is 24.5. The van der Waals surface area contributed by atoms with Crippen molar-refractivity contribution in [1.29, 1.82) is 0 Å². The van der Waals surface area contributed by atoms with Crippen molar-refractivity contribution in [2.75, 3.05) is 20.6 Å². The average molecular weight is 370 g/mol. The lowest BCUT2D eigenvalue weighted by atomic mass is 10.0. The molecule has 0 radical (unpaired) electrons. The van der Waals surface area contributed by atoms with Crippen LogP contribution in [0.1, 0.15) is 103 Å². The minimum Gasteiger partial charge on any atom is -0.462 e. The van der Waals surface area contributed by atoms with E-state index in [-0.39, 0.29) is 12.1 Å². The summed E-state index contributed by atoms with van der Waals surface area (Å²) >= 11 is 0. The highest BCUT2D eigenvalue weighted by Crippen LogP contribution is 2.17. The van der Waals surface area contributed by atoms with Crippen LogP contribution in [-0.2, 0) is 14.3 Å². The van der Waals surface area contributed by atoms with Crippen LogP contribution >= 0.6 is 0 Å². The van der Waals surface area contributed by atoms with Crippen molar-refractivity contribution in [2.24, 2.45) is 0 Å². The van der Waals surface area contributed by atoms with E-state index in [9.17, 15) is 9.59 Å². The lowest BCUT2D eigenvalue weighted by molar-refractivity contribution is -0.150. The highest BCUT2D eigenvalue weighted by Gasteiger charge is 2.14.